The second-order valence-electron chi connectivity index (χ2n) is 3.96. The van der Waals surface area contributed by atoms with E-state index < -0.39 is 11.6 Å². The molecule has 5 heteroatoms. The molecule has 0 aliphatic rings. The van der Waals surface area contributed by atoms with Crippen molar-refractivity contribution >= 4 is 0 Å². The van der Waals surface area contributed by atoms with Crippen molar-refractivity contribution < 1.29 is 13.5 Å². The van der Waals surface area contributed by atoms with Gasteiger partial charge in [0, 0.05) is 24.9 Å². The summed E-state index contributed by atoms with van der Waals surface area (Å²) in [5.74, 6) is -1.29. The number of benzene rings is 1. The van der Waals surface area contributed by atoms with E-state index in [1.165, 1.54) is 6.07 Å². The van der Waals surface area contributed by atoms with Crippen LogP contribution in [0, 0.1) is 11.6 Å². The molecule has 19 heavy (non-hydrogen) atoms. The summed E-state index contributed by atoms with van der Waals surface area (Å²) in [5, 5.41) is 3.18. The van der Waals surface area contributed by atoms with Crippen molar-refractivity contribution in [3.05, 3.63) is 53.7 Å². The zero-order valence-electron chi connectivity index (χ0n) is 10.5. The average Bonchev–Trinajstić information content (AvgIpc) is 2.42. The van der Waals surface area contributed by atoms with Crippen LogP contribution >= 0.6 is 0 Å². The van der Waals surface area contributed by atoms with Crippen LogP contribution in [0.5, 0.6) is 11.6 Å². The SMILES string of the molecule is CCNCc1ccc(Oc2ccc(F)c(F)c2)nc1. The lowest BCUT2D eigenvalue weighted by molar-refractivity contribution is 0.447. The van der Waals surface area contributed by atoms with Gasteiger partial charge in [-0.3, -0.25) is 0 Å². The van der Waals surface area contributed by atoms with Crippen molar-refractivity contribution in [3.8, 4) is 11.6 Å². The number of ether oxygens (including phenoxy) is 1. The van der Waals surface area contributed by atoms with Crippen molar-refractivity contribution in [1.29, 1.82) is 0 Å². The molecule has 0 saturated heterocycles. The first-order valence-electron chi connectivity index (χ1n) is 5.97. The molecule has 0 fully saturated rings. The second kappa shape index (κ2) is 6.24. The van der Waals surface area contributed by atoms with E-state index in [-0.39, 0.29) is 5.75 Å². The normalized spacial score (nSPS) is 10.5. The van der Waals surface area contributed by atoms with Gasteiger partial charge in [0.2, 0.25) is 5.88 Å². The molecular weight excluding hydrogens is 250 g/mol. The van der Waals surface area contributed by atoms with E-state index >= 15 is 0 Å². The maximum Gasteiger partial charge on any atom is 0.219 e. The Morgan fingerprint density at radius 1 is 1.16 bits per heavy atom. The minimum Gasteiger partial charge on any atom is -0.439 e. The quantitative estimate of drug-likeness (QED) is 0.900. The van der Waals surface area contributed by atoms with E-state index in [4.69, 9.17) is 4.74 Å². The molecular formula is C14H14F2N2O. The fourth-order valence-corrected chi connectivity index (χ4v) is 1.51. The van der Waals surface area contributed by atoms with Crippen molar-refractivity contribution in [3.63, 3.8) is 0 Å². The summed E-state index contributed by atoms with van der Waals surface area (Å²) in [4.78, 5) is 4.10. The highest BCUT2D eigenvalue weighted by molar-refractivity contribution is 5.28. The Hall–Kier alpha value is -2.01. The summed E-state index contributed by atoms with van der Waals surface area (Å²) < 4.78 is 31.1. The molecule has 0 atom stereocenters. The molecule has 2 aromatic rings. The summed E-state index contributed by atoms with van der Waals surface area (Å²) in [7, 11) is 0. The summed E-state index contributed by atoms with van der Waals surface area (Å²) in [6.07, 6.45) is 1.68. The largest absolute Gasteiger partial charge is 0.439 e. The van der Waals surface area contributed by atoms with Gasteiger partial charge in [0.05, 0.1) is 0 Å². The first-order chi connectivity index (χ1) is 9.19. The van der Waals surface area contributed by atoms with E-state index in [0.717, 1.165) is 30.8 Å². The molecule has 1 aromatic carbocycles. The molecule has 1 aromatic heterocycles. The van der Waals surface area contributed by atoms with Crippen molar-refractivity contribution in [2.75, 3.05) is 6.54 Å². The van der Waals surface area contributed by atoms with E-state index in [2.05, 4.69) is 10.3 Å². The Kier molecular flexibility index (Phi) is 4.41. The standard InChI is InChI=1S/C14H14F2N2O/c1-2-17-8-10-3-6-14(18-9-10)19-11-4-5-12(15)13(16)7-11/h3-7,9,17H,2,8H2,1H3. The number of rotatable bonds is 5. The number of hydrogen-bond donors (Lipinski definition) is 1. The number of nitrogens with one attached hydrogen (secondary N) is 1. The molecule has 0 unspecified atom stereocenters. The lowest BCUT2D eigenvalue weighted by atomic mass is 10.3. The van der Waals surface area contributed by atoms with E-state index in [1.807, 2.05) is 13.0 Å². The van der Waals surface area contributed by atoms with Crippen molar-refractivity contribution in [2.24, 2.45) is 0 Å². The second-order valence-corrected chi connectivity index (χ2v) is 3.96. The fourth-order valence-electron chi connectivity index (χ4n) is 1.51. The molecule has 2 rings (SSSR count). The van der Waals surface area contributed by atoms with Crippen LogP contribution in [0.15, 0.2) is 36.5 Å². The predicted molar refractivity (Wildman–Crippen MR) is 68.0 cm³/mol. The molecule has 0 spiro atoms. The summed E-state index contributed by atoms with van der Waals surface area (Å²) in [6, 6.07) is 6.92. The fraction of sp³-hybridized carbons (Fsp3) is 0.214. The van der Waals surface area contributed by atoms with Gasteiger partial charge < -0.3 is 10.1 Å². The minimum absolute atomic E-state index is 0.214. The zero-order valence-corrected chi connectivity index (χ0v) is 10.5. The number of hydrogen-bond acceptors (Lipinski definition) is 3. The van der Waals surface area contributed by atoms with Gasteiger partial charge in [0.15, 0.2) is 11.6 Å². The van der Waals surface area contributed by atoms with Gasteiger partial charge >= 0.3 is 0 Å². The maximum atomic E-state index is 13.0. The van der Waals surface area contributed by atoms with Crippen molar-refractivity contribution in [2.45, 2.75) is 13.5 Å². The lowest BCUT2D eigenvalue weighted by Crippen LogP contribution is -2.11. The van der Waals surface area contributed by atoms with Crippen LogP contribution in [0.1, 0.15) is 12.5 Å². The number of halogens is 2. The maximum absolute atomic E-state index is 13.0. The molecule has 100 valence electrons. The van der Waals surface area contributed by atoms with E-state index in [1.54, 1.807) is 12.3 Å². The molecule has 0 aliphatic carbocycles. The van der Waals surface area contributed by atoms with Gasteiger partial charge in [-0.15, -0.1) is 0 Å². The van der Waals surface area contributed by atoms with Crippen LogP contribution in [0.3, 0.4) is 0 Å². The molecule has 0 saturated carbocycles. The predicted octanol–water partition coefficient (Wildman–Crippen LogP) is 3.26. The van der Waals surface area contributed by atoms with Gasteiger partial charge in [-0.2, -0.15) is 0 Å². The number of nitrogens with zero attached hydrogens (tertiary/aromatic N) is 1. The van der Waals surface area contributed by atoms with E-state index in [0.29, 0.717) is 5.88 Å². The van der Waals surface area contributed by atoms with Gasteiger partial charge in [0.1, 0.15) is 5.75 Å². The first kappa shape index (κ1) is 13.4. The highest BCUT2D eigenvalue weighted by Crippen LogP contribution is 2.21. The van der Waals surface area contributed by atoms with Crippen LogP contribution in [-0.2, 0) is 6.54 Å². The Morgan fingerprint density at radius 2 is 2.00 bits per heavy atom. The summed E-state index contributed by atoms with van der Waals surface area (Å²) in [6.45, 7) is 3.63. The Balaban J connectivity index is 2.04. The number of pyridine rings is 1. The van der Waals surface area contributed by atoms with Gasteiger partial charge in [-0.1, -0.05) is 13.0 Å². The van der Waals surface area contributed by atoms with Crippen LogP contribution in [-0.4, -0.2) is 11.5 Å². The van der Waals surface area contributed by atoms with Gasteiger partial charge in [-0.05, 0) is 24.2 Å². The monoisotopic (exact) mass is 264 g/mol. The van der Waals surface area contributed by atoms with Crippen LogP contribution in [0.2, 0.25) is 0 Å². The lowest BCUT2D eigenvalue weighted by Gasteiger charge is -2.06. The van der Waals surface area contributed by atoms with Gasteiger partial charge in [-0.25, -0.2) is 13.8 Å². The number of aromatic nitrogens is 1. The highest BCUT2D eigenvalue weighted by Gasteiger charge is 2.05. The van der Waals surface area contributed by atoms with Crippen LogP contribution in [0.25, 0.3) is 0 Å². The summed E-state index contributed by atoms with van der Waals surface area (Å²) in [5.41, 5.74) is 1.03. The molecule has 0 bridgehead atoms. The topological polar surface area (TPSA) is 34.1 Å². The molecule has 1 heterocycles. The Labute approximate surface area is 110 Å². The Bertz CT molecular complexity index is 544. The highest BCUT2D eigenvalue weighted by atomic mass is 19.2. The Morgan fingerprint density at radius 3 is 2.63 bits per heavy atom. The molecule has 0 radical (unpaired) electrons. The zero-order chi connectivity index (χ0) is 13.7. The van der Waals surface area contributed by atoms with Crippen molar-refractivity contribution in [1.82, 2.24) is 10.3 Å². The third-order valence-electron chi connectivity index (χ3n) is 2.49. The van der Waals surface area contributed by atoms with Crippen LogP contribution in [0.4, 0.5) is 8.78 Å². The smallest absolute Gasteiger partial charge is 0.219 e. The summed E-state index contributed by atoms with van der Waals surface area (Å²) >= 11 is 0. The first-order valence-corrected chi connectivity index (χ1v) is 5.97. The molecule has 0 aliphatic heterocycles. The molecule has 3 nitrogen and oxygen atoms in total. The molecule has 1 N–H and O–H groups in total. The third kappa shape index (κ3) is 3.72. The average molecular weight is 264 g/mol. The van der Waals surface area contributed by atoms with Gasteiger partial charge in [0.25, 0.3) is 0 Å². The molecule has 0 amide bonds. The van der Waals surface area contributed by atoms with E-state index in [9.17, 15) is 8.78 Å². The third-order valence-corrected chi connectivity index (χ3v) is 2.49. The van der Waals surface area contributed by atoms with Crippen LogP contribution < -0.4 is 10.1 Å². The minimum atomic E-state index is -0.943.